The van der Waals surface area contributed by atoms with Crippen LogP contribution in [-0.2, 0) is 13.0 Å². The minimum atomic E-state index is -0.567. The highest BCUT2D eigenvalue weighted by Gasteiger charge is 2.16. The van der Waals surface area contributed by atoms with Gasteiger partial charge in [0.05, 0.1) is 6.20 Å². The van der Waals surface area contributed by atoms with E-state index in [1.807, 2.05) is 0 Å². The molecule has 130 valence electrons. The van der Waals surface area contributed by atoms with Crippen LogP contribution in [0.15, 0.2) is 27.7 Å². The summed E-state index contributed by atoms with van der Waals surface area (Å²) in [6.07, 6.45) is 5.71. The molecule has 0 saturated carbocycles. The largest absolute Gasteiger partial charge is 0.427 e. The van der Waals surface area contributed by atoms with Crippen LogP contribution in [-0.4, -0.2) is 27.4 Å². The quantitative estimate of drug-likeness (QED) is 0.746. The second-order valence-corrected chi connectivity index (χ2v) is 6.27. The summed E-state index contributed by atoms with van der Waals surface area (Å²) in [6, 6.07) is 1.79. The number of rotatable bonds is 8. The van der Waals surface area contributed by atoms with E-state index >= 15 is 0 Å². The molecule has 2 heterocycles. The van der Waals surface area contributed by atoms with Gasteiger partial charge in [-0.15, -0.1) is 5.10 Å². The minimum absolute atomic E-state index is 0.0871. The third-order valence-corrected chi connectivity index (χ3v) is 3.72. The van der Waals surface area contributed by atoms with Gasteiger partial charge >= 0.3 is 5.63 Å². The van der Waals surface area contributed by atoms with Crippen molar-refractivity contribution >= 4 is 5.91 Å². The molecule has 24 heavy (non-hydrogen) atoms. The van der Waals surface area contributed by atoms with Crippen molar-refractivity contribution < 1.29 is 9.21 Å². The summed E-state index contributed by atoms with van der Waals surface area (Å²) in [5, 5.41) is 10.3. The number of aryl methyl sites for hydroxylation is 3. The molecule has 0 aliphatic heterocycles. The zero-order valence-corrected chi connectivity index (χ0v) is 14.4. The average Bonchev–Trinajstić information content (AvgIpc) is 3.02. The van der Waals surface area contributed by atoms with E-state index in [2.05, 4.69) is 29.5 Å². The molecule has 1 N–H and O–H groups in total. The lowest BCUT2D eigenvalue weighted by molar-refractivity contribution is 0.0947. The predicted octanol–water partition coefficient (Wildman–Crippen LogP) is 1.95. The third kappa shape index (κ3) is 5.04. The monoisotopic (exact) mass is 332 g/mol. The predicted molar refractivity (Wildman–Crippen MR) is 89.8 cm³/mol. The molecular formula is C17H24N4O3. The molecule has 0 radical (unpaired) electrons. The zero-order chi connectivity index (χ0) is 17.5. The molecule has 0 atom stereocenters. The Labute approximate surface area is 141 Å². The third-order valence-electron chi connectivity index (χ3n) is 3.72. The maximum atomic E-state index is 12.2. The van der Waals surface area contributed by atoms with Gasteiger partial charge in [-0.2, -0.15) is 0 Å². The van der Waals surface area contributed by atoms with E-state index < -0.39 is 11.5 Å². The Morgan fingerprint density at radius 2 is 2.21 bits per heavy atom. The molecule has 7 heteroatoms. The van der Waals surface area contributed by atoms with Gasteiger partial charge in [0.15, 0.2) is 0 Å². The van der Waals surface area contributed by atoms with Gasteiger partial charge in [-0.05, 0) is 37.3 Å². The lowest BCUT2D eigenvalue weighted by atomic mass is 10.0. The number of aromatic nitrogens is 3. The number of carbonyl (C=O) groups is 1. The molecule has 0 spiro atoms. The molecule has 2 aromatic heterocycles. The van der Waals surface area contributed by atoms with Crippen molar-refractivity contribution in [2.45, 2.75) is 46.6 Å². The van der Waals surface area contributed by atoms with Gasteiger partial charge in [-0.1, -0.05) is 19.1 Å². The van der Waals surface area contributed by atoms with Crippen molar-refractivity contribution in [3.05, 3.63) is 45.8 Å². The van der Waals surface area contributed by atoms with Crippen LogP contribution in [0, 0.1) is 12.8 Å². The van der Waals surface area contributed by atoms with E-state index in [1.165, 1.54) is 0 Å². The van der Waals surface area contributed by atoms with E-state index in [4.69, 9.17) is 4.42 Å². The van der Waals surface area contributed by atoms with Crippen LogP contribution in [0.2, 0.25) is 0 Å². The van der Waals surface area contributed by atoms with Crippen LogP contribution in [0.25, 0.3) is 0 Å². The Morgan fingerprint density at radius 1 is 1.42 bits per heavy atom. The van der Waals surface area contributed by atoms with Crippen LogP contribution >= 0.6 is 0 Å². The maximum absolute atomic E-state index is 12.2. The molecule has 0 aliphatic carbocycles. The van der Waals surface area contributed by atoms with Crippen LogP contribution in [0.1, 0.15) is 48.4 Å². The Morgan fingerprint density at radius 3 is 2.83 bits per heavy atom. The second kappa shape index (κ2) is 8.42. The molecule has 0 unspecified atom stereocenters. The minimum Gasteiger partial charge on any atom is -0.427 e. The number of carbonyl (C=O) groups excluding carboxylic acids is 1. The number of nitrogens with zero attached hydrogens (tertiary/aromatic N) is 3. The lowest BCUT2D eigenvalue weighted by Gasteiger charge is -2.09. The van der Waals surface area contributed by atoms with Crippen LogP contribution in [0.5, 0.6) is 0 Å². The zero-order valence-electron chi connectivity index (χ0n) is 14.4. The first-order chi connectivity index (χ1) is 11.5. The molecule has 0 aliphatic rings. The number of nitrogens with one attached hydrogen (secondary N) is 1. The van der Waals surface area contributed by atoms with Crippen molar-refractivity contribution in [3.8, 4) is 0 Å². The molecule has 2 rings (SSSR count). The molecule has 0 aromatic carbocycles. The van der Waals surface area contributed by atoms with Crippen LogP contribution < -0.4 is 10.9 Å². The van der Waals surface area contributed by atoms with Gasteiger partial charge in [-0.25, -0.2) is 4.79 Å². The molecule has 0 fully saturated rings. The van der Waals surface area contributed by atoms with Gasteiger partial charge < -0.3 is 9.73 Å². The normalized spacial score (nSPS) is 11.0. The van der Waals surface area contributed by atoms with Crippen molar-refractivity contribution in [1.29, 1.82) is 0 Å². The fourth-order valence-corrected chi connectivity index (χ4v) is 2.38. The standard InChI is InChI=1S/C17H24N4O3/c1-12(2)5-6-14-11-13(3)15(17(23)24-14)16(22)18-7-4-9-21-10-8-19-20-21/h8,10-12H,4-7,9H2,1-3H3,(H,18,22). The summed E-state index contributed by atoms with van der Waals surface area (Å²) >= 11 is 0. The SMILES string of the molecule is Cc1cc(CCC(C)C)oc(=O)c1C(=O)NCCCn1ccnn1. The fraction of sp³-hybridized carbons (Fsp3) is 0.529. The smallest absolute Gasteiger partial charge is 0.349 e. The van der Waals surface area contributed by atoms with Crippen LogP contribution in [0.3, 0.4) is 0 Å². The second-order valence-electron chi connectivity index (χ2n) is 6.27. The first-order valence-corrected chi connectivity index (χ1v) is 8.23. The van der Waals surface area contributed by atoms with Crippen LogP contribution in [0.4, 0.5) is 0 Å². The molecule has 7 nitrogen and oxygen atoms in total. The highest BCUT2D eigenvalue weighted by Crippen LogP contribution is 2.11. The summed E-state index contributed by atoms with van der Waals surface area (Å²) in [5.74, 6) is 0.771. The van der Waals surface area contributed by atoms with Gasteiger partial charge in [0.1, 0.15) is 11.3 Å². The Hall–Kier alpha value is -2.44. The fourth-order valence-electron chi connectivity index (χ4n) is 2.38. The highest BCUT2D eigenvalue weighted by atomic mass is 16.4. The first-order valence-electron chi connectivity index (χ1n) is 8.23. The molecule has 0 saturated heterocycles. The molecule has 1 amide bonds. The van der Waals surface area contributed by atoms with Crippen molar-refractivity contribution in [2.75, 3.05) is 6.54 Å². The first kappa shape index (κ1) is 17.9. The van der Waals surface area contributed by atoms with Gasteiger partial charge in [0.25, 0.3) is 5.91 Å². The summed E-state index contributed by atoms with van der Waals surface area (Å²) in [5.41, 5.74) is 0.172. The van der Waals surface area contributed by atoms with E-state index in [-0.39, 0.29) is 5.56 Å². The molecule has 2 aromatic rings. The van der Waals surface area contributed by atoms with E-state index in [0.717, 1.165) is 6.42 Å². The number of hydrogen-bond donors (Lipinski definition) is 1. The van der Waals surface area contributed by atoms with Gasteiger partial charge in [-0.3, -0.25) is 9.48 Å². The van der Waals surface area contributed by atoms with E-state index in [0.29, 0.717) is 43.2 Å². The molecule has 0 bridgehead atoms. The summed E-state index contributed by atoms with van der Waals surface area (Å²) < 4.78 is 6.98. The number of hydrogen-bond acceptors (Lipinski definition) is 5. The summed E-state index contributed by atoms with van der Waals surface area (Å²) in [6.45, 7) is 7.10. The van der Waals surface area contributed by atoms with E-state index in [9.17, 15) is 9.59 Å². The van der Waals surface area contributed by atoms with Crippen molar-refractivity contribution in [3.63, 3.8) is 0 Å². The van der Waals surface area contributed by atoms with Crippen molar-refractivity contribution in [1.82, 2.24) is 20.3 Å². The Bertz CT molecular complexity index is 720. The maximum Gasteiger partial charge on any atom is 0.349 e. The summed E-state index contributed by atoms with van der Waals surface area (Å²) in [4.78, 5) is 24.3. The van der Waals surface area contributed by atoms with Crippen molar-refractivity contribution in [2.24, 2.45) is 5.92 Å². The molecular weight excluding hydrogens is 308 g/mol. The topological polar surface area (TPSA) is 90.0 Å². The Kier molecular flexibility index (Phi) is 6.28. The number of amides is 1. The van der Waals surface area contributed by atoms with Gasteiger partial charge in [0, 0.05) is 25.7 Å². The van der Waals surface area contributed by atoms with E-state index in [1.54, 1.807) is 30.1 Å². The average molecular weight is 332 g/mol. The highest BCUT2D eigenvalue weighted by molar-refractivity contribution is 5.95. The van der Waals surface area contributed by atoms with Gasteiger partial charge in [0.2, 0.25) is 0 Å². The summed E-state index contributed by atoms with van der Waals surface area (Å²) in [7, 11) is 0. The lowest BCUT2D eigenvalue weighted by Crippen LogP contribution is -2.30. The Balaban J connectivity index is 1.92.